The van der Waals surface area contributed by atoms with E-state index in [0.29, 0.717) is 22.3 Å². The maximum absolute atomic E-state index is 11.7. The van der Waals surface area contributed by atoms with Gasteiger partial charge in [0, 0.05) is 23.0 Å². The predicted molar refractivity (Wildman–Crippen MR) is 142 cm³/mol. The van der Waals surface area contributed by atoms with E-state index in [4.69, 9.17) is 30.5 Å². The third kappa shape index (κ3) is 6.83. The van der Waals surface area contributed by atoms with Crippen molar-refractivity contribution in [3.8, 4) is 23.0 Å². The van der Waals surface area contributed by atoms with Crippen LogP contribution < -0.4 is 18.9 Å². The minimum atomic E-state index is -1.05. The molecule has 0 aliphatic rings. The summed E-state index contributed by atoms with van der Waals surface area (Å²) in [4.78, 5) is 16.3. The summed E-state index contributed by atoms with van der Waals surface area (Å²) in [5.41, 5.74) is 2.41. The lowest BCUT2D eigenvalue weighted by Crippen LogP contribution is -2.29. The second kappa shape index (κ2) is 11.8. The van der Waals surface area contributed by atoms with E-state index in [0.717, 1.165) is 27.8 Å². The van der Waals surface area contributed by atoms with Gasteiger partial charge in [0.1, 0.15) is 29.6 Å². The van der Waals surface area contributed by atoms with Crippen molar-refractivity contribution in [3.05, 3.63) is 89.1 Å². The van der Waals surface area contributed by atoms with E-state index in [9.17, 15) is 9.90 Å². The molecule has 0 spiro atoms. The largest absolute Gasteiger partial charge is 0.497 e. The number of aromatic nitrogens is 1. The number of methoxy groups -OCH3 is 1. The Morgan fingerprint density at radius 2 is 1.62 bits per heavy atom. The summed E-state index contributed by atoms with van der Waals surface area (Å²) in [5.74, 6) is 1.46. The van der Waals surface area contributed by atoms with E-state index in [1.807, 2.05) is 44.2 Å². The van der Waals surface area contributed by atoms with Crippen LogP contribution in [0.15, 0.2) is 72.9 Å². The smallest absolute Gasteiger partial charge is 0.345 e. The van der Waals surface area contributed by atoms with E-state index in [1.54, 1.807) is 49.7 Å². The molecule has 37 heavy (non-hydrogen) atoms. The molecule has 4 rings (SSSR count). The molecule has 1 aromatic heterocycles. The zero-order valence-corrected chi connectivity index (χ0v) is 21.6. The molecule has 0 saturated heterocycles. The van der Waals surface area contributed by atoms with Gasteiger partial charge in [-0.2, -0.15) is 0 Å². The van der Waals surface area contributed by atoms with Gasteiger partial charge in [-0.15, -0.1) is 0 Å². The number of carboxylic acids is 1. The molecular weight excluding hydrogens is 494 g/mol. The number of fused-ring (bicyclic) bond motifs is 1. The fraction of sp³-hybridized carbons (Fsp3) is 0.241. The number of rotatable bonds is 11. The van der Waals surface area contributed by atoms with Crippen LogP contribution in [0.3, 0.4) is 0 Å². The summed E-state index contributed by atoms with van der Waals surface area (Å²) in [7, 11) is 1.62. The number of ether oxygens (including phenoxy) is 4. The zero-order chi connectivity index (χ0) is 26.4. The van der Waals surface area contributed by atoms with Gasteiger partial charge in [0.25, 0.3) is 0 Å². The number of carboxylic acid groups (broad SMARTS) is 1. The minimum absolute atomic E-state index is 0.0351. The maximum atomic E-state index is 11.7. The molecule has 0 radical (unpaired) electrons. The highest BCUT2D eigenvalue weighted by atomic mass is 35.5. The fourth-order valence-corrected chi connectivity index (χ4v) is 3.87. The van der Waals surface area contributed by atoms with Crippen LogP contribution in [0.25, 0.3) is 10.9 Å². The summed E-state index contributed by atoms with van der Waals surface area (Å²) in [6.45, 7) is 4.19. The van der Waals surface area contributed by atoms with Crippen molar-refractivity contribution in [2.75, 3.05) is 7.11 Å². The number of hydrogen-bond acceptors (Lipinski definition) is 6. The van der Waals surface area contributed by atoms with Gasteiger partial charge in [0.15, 0.2) is 6.10 Å². The minimum Gasteiger partial charge on any atom is -0.497 e. The van der Waals surface area contributed by atoms with E-state index in [-0.39, 0.29) is 19.1 Å². The van der Waals surface area contributed by atoms with Crippen molar-refractivity contribution in [3.63, 3.8) is 0 Å². The number of carbonyl (C=O) groups is 1. The van der Waals surface area contributed by atoms with Gasteiger partial charge in [0.2, 0.25) is 0 Å². The third-order valence-corrected chi connectivity index (χ3v) is 5.81. The van der Waals surface area contributed by atoms with Gasteiger partial charge in [-0.25, -0.2) is 4.79 Å². The van der Waals surface area contributed by atoms with E-state index < -0.39 is 12.1 Å². The number of halogens is 1. The highest BCUT2D eigenvalue weighted by Gasteiger charge is 2.20. The number of benzene rings is 3. The summed E-state index contributed by atoms with van der Waals surface area (Å²) in [6.07, 6.45) is 0.879. The molecule has 192 valence electrons. The molecule has 0 saturated carbocycles. The monoisotopic (exact) mass is 521 g/mol. The van der Waals surface area contributed by atoms with Crippen LogP contribution in [0.1, 0.15) is 25.0 Å². The highest BCUT2D eigenvalue weighted by Crippen LogP contribution is 2.33. The molecule has 0 aliphatic carbocycles. The Hall–Kier alpha value is -3.97. The van der Waals surface area contributed by atoms with E-state index >= 15 is 0 Å². The van der Waals surface area contributed by atoms with Crippen molar-refractivity contribution in [1.29, 1.82) is 0 Å². The molecule has 1 atom stereocenters. The summed E-state index contributed by atoms with van der Waals surface area (Å²) >= 11 is 5.89. The summed E-state index contributed by atoms with van der Waals surface area (Å²) < 4.78 is 23.2. The van der Waals surface area contributed by atoms with Crippen molar-refractivity contribution in [2.24, 2.45) is 0 Å². The Kier molecular flexibility index (Phi) is 8.36. The first-order valence-corrected chi connectivity index (χ1v) is 12.2. The standard InChI is InChI=1S/C29H28ClNO6/c1-18(2)36-28-20(16-31-26-13-12-24(34-3)15-25(26)28)17-35-22-8-4-19(5-9-22)14-27(29(32)33)37-23-10-6-21(30)7-11-23/h4-13,15-16,18,27H,14,17H2,1-3H3,(H,32,33). The lowest BCUT2D eigenvalue weighted by molar-refractivity contribution is -0.145. The van der Waals surface area contributed by atoms with E-state index in [2.05, 4.69) is 4.98 Å². The van der Waals surface area contributed by atoms with Gasteiger partial charge in [-0.05, 0) is 74.0 Å². The molecule has 4 aromatic rings. The molecule has 1 N–H and O–H groups in total. The predicted octanol–water partition coefficient (Wildman–Crippen LogP) is 6.34. The quantitative estimate of drug-likeness (QED) is 0.246. The van der Waals surface area contributed by atoms with Crippen LogP contribution in [-0.2, 0) is 17.8 Å². The molecule has 7 nitrogen and oxygen atoms in total. The normalized spacial score (nSPS) is 11.8. The van der Waals surface area contributed by atoms with Crippen molar-refractivity contribution in [2.45, 2.75) is 39.1 Å². The Balaban J connectivity index is 1.46. The molecule has 0 fully saturated rings. The first-order chi connectivity index (χ1) is 17.8. The molecule has 0 aliphatic heterocycles. The molecule has 0 amide bonds. The molecule has 0 bridgehead atoms. The van der Waals surface area contributed by atoms with Crippen molar-refractivity contribution < 1.29 is 28.8 Å². The third-order valence-electron chi connectivity index (χ3n) is 5.56. The fourth-order valence-electron chi connectivity index (χ4n) is 3.75. The van der Waals surface area contributed by atoms with Crippen LogP contribution in [-0.4, -0.2) is 35.4 Å². The maximum Gasteiger partial charge on any atom is 0.345 e. The van der Waals surface area contributed by atoms with Gasteiger partial charge in [0.05, 0.1) is 24.3 Å². The van der Waals surface area contributed by atoms with Gasteiger partial charge in [-0.3, -0.25) is 4.98 Å². The second-order valence-electron chi connectivity index (χ2n) is 8.70. The number of aliphatic carboxylic acids is 1. The van der Waals surface area contributed by atoms with Crippen LogP contribution >= 0.6 is 11.6 Å². The summed E-state index contributed by atoms with van der Waals surface area (Å²) in [5, 5.41) is 11.0. The molecule has 1 unspecified atom stereocenters. The molecule has 1 heterocycles. The lowest BCUT2D eigenvalue weighted by atomic mass is 10.1. The number of pyridine rings is 1. The SMILES string of the molecule is COc1ccc2ncc(COc3ccc(CC(Oc4ccc(Cl)cc4)C(=O)O)cc3)c(OC(C)C)c2c1. The Morgan fingerprint density at radius 1 is 0.946 bits per heavy atom. The van der Waals surface area contributed by atoms with Gasteiger partial charge in [-0.1, -0.05) is 23.7 Å². The van der Waals surface area contributed by atoms with Gasteiger partial charge < -0.3 is 24.1 Å². The average molecular weight is 522 g/mol. The van der Waals surface area contributed by atoms with Crippen LogP contribution in [0.2, 0.25) is 5.02 Å². The summed E-state index contributed by atoms with van der Waals surface area (Å²) in [6, 6.07) is 19.5. The van der Waals surface area contributed by atoms with E-state index in [1.165, 1.54) is 0 Å². The van der Waals surface area contributed by atoms with Crippen LogP contribution in [0.4, 0.5) is 0 Å². The number of hydrogen-bond donors (Lipinski definition) is 1. The first-order valence-electron chi connectivity index (χ1n) is 11.8. The van der Waals surface area contributed by atoms with Crippen LogP contribution in [0, 0.1) is 0 Å². The first kappa shape index (κ1) is 26.1. The van der Waals surface area contributed by atoms with Crippen molar-refractivity contribution in [1.82, 2.24) is 4.98 Å². The average Bonchev–Trinajstić information content (AvgIpc) is 2.89. The lowest BCUT2D eigenvalue weighted by Gasteiger charge is -2.18. The second-order valence-corrected chi connectivity index (χ2v) is 9.13. The Morgan fingerprint density at radius 3 is 2.27 bits per heavy atom. The van der Waals surface area contributed by atoms with Crippen LogP contribution in [0.5, 0.6) is 23.0 Å². The van der Waals surface area contributed by atoms with Crippen molar-refractivity contribution >= 4 is 28.5 Å². The topological polar surface area (TPSA) is 87.1 Å². The van der Waals surface area contributed by atoms with Gasteiger partial charge >= 0.3 is 5.97 Å². The Labute approximate surface area is 220 Å². The molecule has 3 aromatic carbocycles. The Bertz CT molecular complexity index is 1360. The highest BCUT2D eigenvalue weighted by molar-refractivity contribution is 6.30. The number of nitrogens with zero attached hydrogens (tertiary/aromatic N) is 1. The zero-order valence-electron chi connectivity index (χ0n) is 20.8. The molecular formula is C29H28ClNO6. The molecule has 8 heteroatoms.